The zero-order valence-corrected chi connectivity index (χ0v) is 20.5. The molecule has 1 amide bonds. The Morgan fingerprint density at radius 1 is 1.19 bits per heavy atom. The number of nitrogens with zero attached hydrogens (tertiary/aromatic N) is 4. The van der Waals surface area contributed by atoms with Gasteiger partial charge in [-0.05, 0) is 42.1 Å². The first kappa shape index (κ1) is 25.2. The number of aromatic nitrogens is 3. The third-order valence-corrected chi connectivity index (χ3v) is 6.23. The fraction of sp³-hybridized carbons (Fsp3) is 0.0435. The average molecular weight is 543 g/mol. The molecule has 0 radical (unpaired) electrons. The molecule has 0 spiro atoms. The van der Waals surface area contributed by atoms with Crippen LogP contribution in [0.1, 0.15) is 21.5 Å². The van der Waals surface area contributed by atoms with Gasteiger partial charge in [-0.3, -0.25) is 20.0 Å². The molecule has 0 fully saturated rings. The Bertz CT molecular complexity index is 1430. The number of para-hydroxylation sites is 1. The number of carbonyl (C=O) groups excluding carboxylic acids is 1. The van der Waals surface area contributed by atoms with Crippen molar-refractivity contribution >= 4 is 52.8 Å². The number of nitrogens with one attached hydrogen (secondary N) is 2. The summed E-state index contributed by atoms with van der Waals surface area (Å²) in [5.74, 6) is -0.184. The molecule has 4 rings (SSSR count). The molecule has 0 saturated heterocycles. The van der Waals surface area contributed by atoms with Gasteiger partial charge in [0.25, 0.3) is 11.6 Å². The fourth-order valence-corrected chi connectivity index (χ4v) is 4.23. The SMILES string of the molecule is O=C(N/N=C/c1ccc(Sc2ncn[nH]2)c([N+](=O)[O-])c1)c1ccccc1OCc1ccc(Cl)cc1Cl. The molecule has 0 bridgehead atoms. The smallest absolute Gasteiger partial charge is 0.283 e. The quantitative estimate of drug-likeness (QED) is 0.161. The first-order chi connectivity index (χ1) is 17.4. The van der Waals surface area contributed by atoms with Gasteiger partial charge >= 0.3 is 0 Å². The Morgan fingerprint density at radius 3 is 2.78 bits per heavy atom. The molecule has 0 aliphatic heterocycles. The lowest BCUT2D eigenvalue weighted by Gasteiger charge is -2.11. The molecular formula is C23H16Cl2N6O4S. The Labute approximate surface area is 218 Å². The summed E-state index contributed by atoms with van der Waals surface area (Å²) < 4.78 is 5.80. The second-order valence-electron chi connectivity index (χ2n) is 7.10. The van der Waals surface area contributed by atoms with E-state index in [9.17, 15) is 14.9 Å². The van der Waals surface area contributed by atoms with Crippen LogP contribution < -0.4 is 10.2 Å². The number of H-pyrrole nitrogens is 1. The zero-order valence-electron chi connectivity index (χ0n) is 18.2. The van der Waals surface area contributed by atoms with E-state index in [4.69, 9.17) is 27.9 Å². The van der Waals surface area contributed by atoms with Gasteiger partial charge in [0.2, 0.25) is 0 Å². The van der Waals surface area contributed by atoms with Crippen LogP contribution in [0.5, 0.6) is 5.75 Å². The standard InChI is InChI=1S/C23H16Cl2N6O4S/c24-16-7-6-15(18(25)10-16)12-35-20-4-2-1-3-17(20)22(32)29-27-11-14-5-8-21(19(9-14)31(33)34)36-23-26-13-28-30-23/h1-11,13H,12H2,(H,29,32)(H,26,28,30)/b27-11+. The summed E-state index contributed by atoms with van der Waals surface area (Å²) >= 11 is 13.2. The summed E-state index contributed by atoms with van der Waals surface area (Å²) in [5, 5.41) is 23.2. The molecule has 4 aromatic rings. The number of nitro groups is 1. The molecule has 10 nitrogen and oxygen atoms in total. The van der Waals surface area contributed by atoms with E-state index in [2.05, 4.69) is 25.7 Å². The van der Waals surface area contributed by atoms with Crippen molar-refractivity contribution in [3.63, 3.8) is 0 Å². The summed E-state index contributed by atoms with van der Waals surface area (Å²) in [5.41, 5.74) is 3.67. The van der Waals surface area contributed by atoms with Crippen LogP contribution in [0.2, 0.25) is 10.0 Å². The molecule has 1 heterocycles. The lowest BCUT2D eigenvalue weighted by Crippen LogP contribution is -2.18. The first-order valence-corrected chi connectivity index (χ1v) is 11.8. The second kappa shape index (κ2) is 11.7. The van der Waals surface area contributed by atoms with E-state index in [1.54, 1.807) is 54.6 Å². The molecular weight excluding hydrogens is 527 g/mol. The summed E-state index contributed by atoms with van der Waals surface area (Å²) in [7, 11) is 0. The number of halogens is 2. The molecule has 36 heavy (non-hydrogen) atoms. The molecule has 0 atom stereocenters. The van der Waals surface area contributed by atoms with Gasteiger partial charge in [0.1, 0.15) is 18.7 Å². The number of nitro benzene ring substituents is 1. The first-order valence-electron chi connectivity index (χ1n) is 10.2. The van der Waals surface area contributed by atoms with Gasteiger partial charge in [0.05, 0.1) is 21.6 Å². The molecule has 182 valence electrons. The van der Waals surface area contributed by atoms with Gasteiger partial charge in [0, 0.05) is 27.2 Å². The predicted molar refractivity (Wildman–Crippen MR) is 136 cm³/mol. The maximum atomic E-state index is 12.7. The van der Waals surface area contributed by atoms with Crippen LogP contribution in [0.25, 0.3) is 0 Å². The summed E-state index contributed by atoms with van der Waals surface area (Å²) in [6.07, 6.45) is 2.62. The van der Waals surface area contributed by atoms with Crippen molar-refractivity contribution < 1.29 is 14.5 Å². The van der Waals surface area contributed by atoms with Crippen LogP contribution in [0.3, 0.4) is 0 Å². The van der Waals surface area contributed by atoms with Crippen molar-refractivity contribution in [3.05, 3.63) is 104 Å². The molecule has 0 unspecified atom stereocenters. The van der Waals surface area contributed by atoms with Crippen molar-refractivity contribution in [1.82, 2.24) is 20.6 Å². The van der Waals surface area contributed by atoms with Crippen LogP contribution in [0.15, 0.2) is 82.1 Å². The van der Waals surface area contributed by atoms with E-state index < -0.39 is 10.8 Å². The van der Waals surface area contributed by atoms with Crippen molar-refractivity contribution in [2.75, 3.05) is 0 Å². The maximum Gasteiger partial charge on any atom is 0.283 e. The highest BCUT2D eigenvalue weighted by Gasteiger charge is 2.17. The number of aromatic amines is 1. The Hall–Kier alpha value is -3.93. The normalized spacial score (nSPS) is 10.9. The summed E-state index contributed by atoms with van der Waals surface area (Å²) in [6, 6.07) is 16.3. The number of rotatable bonds is 9. The van der Waals surface area contributed by atoms with Crippen LogP contribution in [0, 0.1) is 10.1 Å². The lowest BCUT2D eigenvalue weighted by atomic mass is 10.2. The molecule has 0 aliphatic carbocycles. The van der Waals surface area contributed by atoms with Gasteiger partial charge < -0.3 is 4.74 Å². The highest BCUT2D eigenvalue weighted by Crippen LogP contribution is 2.33. The number of hydrogen-bond acceptors (Lipinski definition) is 8. The number of benzene rings is 3. The van der Waals surface area contributed by atoms with Gasteiger partial charge in [0.15, 0.2) is 5.16 Å². The summed E-state index contributed by atoms with van der Waals surface area (Å²) in [4.78, 5) is 28.1. The topological polar surface area (TPSA) is 135 Å². The minimum Gasteiger partial charge on any atom is -0.488 e. The lowest BCUT2D eigenvalue weighted by molar-refractivity contribution is -0.387. The summed E-state index contributed by atoms with van der Waals surface area (Å²) in [6.45, 7) is 0.131. The minimum atomic E-state index is -0.518. The molecule has 0 aliphatic rings. The van der Waals surface area contributed by atoms with Crippen LogP contribution in [0.4, 0.5) is 5.69 Å². The van der Waals surface area contributed by atoms with Gasteiger partial charge in [-0.2, -0.15) is 10.2 Å². The number of amides is 1. The largest absolute Gasteiger partial charge is 0.488 e. The fourth-order valence-electron chi connectivity index (χ4n) is 2.99. The van der Waals surface area contributed by atoms with Crippen LogP contribution >= 0.6 is 35.0 Å². The molecule has 1 aromatic heterocycles. The monoisotopic (exact) mass is 542 g/mol. The van der Waals surface area contributed by atoms with Crippen LogP contribution in [-0.4, -0.2) is 32.2 Å². The highest BCUT2D eigenvalue weighted by atomic mass is 35.5. The molecule has 2 N–H and O–H groups in total. The van der Waals surface area contributed by atoms with Crippen molar-refractivity contribution in [2.45, 2.75) is 16.7 Å². The minimum absolute atomic E-state index is 0.131. The zero-order chi connectivity index (χ0) is 25.5. The number of hydrazone groups is 1. The molecule has 3 aromatic carbocycles. The average Bonchev–Trinajstić information content (AvgIpc) is 3.37. The number of carbonyl (C=O) groups is 1. The van der Waals surface area contributed by atoms with Crippen molar-refractivity contribution in [2.24, 2.45) is 5.10 Å². The van der Waals surface area contributed by atoms with Gasteiger partial charge in [-0.25, -0.2) is 10.4 Å². The van der Waals surface area contributed by atoms with Gasteiger partial charge in [-0.1, -0.05) is 47.5 Å². The van der Waals surface area contributed by atoms with Crippen molar-refractivity contribution in [1.29, 1.82) is 0 Å². The Balaban J connectivity index is 1.43. The second-order valence-corrected chi connectivity index (χ2v) is 8.97. The third-order valence-electron chi connectivity index (χ3n) is 4.69. The maximum absolute atomic E-state index is 12.7. The Morgan fingerprint density at radius 2 is 2.03 bits per heavy atom. The van der Waals surface area contributed by atoms with Gasteiger partial charge in [-0.15, -0.1) is 0 Å². The molecule has 0 saturated carbocycles. The number of ether oxygens (including phenoxy) is 1. The van der Waals surface area contributed by atoms with E-state index in [1.807, 2.05) is 0 Å². The van der Waals surface area contributed by atoms with E-state index in [-0.39, 0.29) is 17.9 Å². The van der Waals surface area contributed by atoms with Crippen LogP contribution in [-0.2, 0) is 6.61 Å². The van der Waals surface area contributed by atoms with Crippen molar-refractivity contribution in [3.8, 4) is 5.75 Å². The predicted octanol–water partition coefficient (Wildman–Crippen LogP) is 5.51. The highest BCUT2D eigenvalue weighted by molar-refractivity contribution is 7.99. The van der Waals surface area contributed by atoms with E-state index in [1.165, 1.54) is 18.6 Å². The van der Waals surface area contributed by atoms with E-state index in [0.717, 1.165) is 11.8 Å². The Kier molecular flexibility index (Phi) is 8.16. The van der Waals surface area contributed by atoms with E-state index in [0.29, 0.717) is 37.0 Å². The van der Waals surface area contributed by atoms with E-state index >= 15 is 0 Å². The number of hydrogen-bond donors (Lipinski definition) is 2. The molecule has 13 heteroatoms. The third kappa shape index (κ3) is 6.39.